The third-order valence-corrected chi connectivity index (χ3v) is 4.76. The number of anilines is 1. The molecule has 7 heteroatoms. The monoisotopic (exact) mass is 381 g/mol. The molecule has 0 atom stereocenters. The summed E-state index contributed by atoms with van der Waals surface area (Å²) in [7, 11) is 1.31. The number of hydrogen-bond acceptors (Lipinski definition) is 5. The van der Waals surface area contributed by atoms with E-state index in [2.05, 4.69) is 20.4 Å². The molecule has 0 spiro atoms. The molecule has 0 bridgehead atoms. The van der Waals surface area contributed by atoms with Crippen molar-refractivity contribution < 1.29 is 19.1 Å². The van der Waals surface area contributed by atoms with Gasteiger partial charge in [-0.1, -0.05) is 19.3 Å². The van der Waals surface area contributed by atoms with E-state index in [0.29, 0.717) is 16.8 Å². The lowest BCUT2D eigenvalue weighted by atomic mass is 9.95. The lowest BCUT2D eigenvalue weighted by Crippen LogP contribution is -2.36. The summed E-state index contributed by atoms with van der Waals surface area (Å²) < 4.78 is 4.65. The number of amides is 2. The van der Waals surface area contributed by atoms with Crippen LogP contribution in [-0.2, 0) is 4.74 Å². The van der Waals surface area contributed by atoms with Gasteiger partial charge in [0, 0.05) is 23.5 Å². The molecule has 2 aromatic rings. The van der Waals surface area contributed by atoms with Crippen LogP contribution in [0, 0.1) is 0 Å². The summed E-state index contributed by atoms with van der Waals surface area (Å²) in [6.45, 7) is 0. The SMILES string of the molecule is COC(=O)c1ccc(NC(=O)c2ccnc(C(=O)NC3CCCCC3)c2)cc1. The highest BCUT2D eigenvalue weighted by molar-refractivity contribution is 6.05. The maximum Gasteiger partial charge on any atom is 0.337 e. The Balaban J connectivity index is 1.64. The molecule has 1 aromatic carbocycles. The van der Waals surface area contributed by atoms with Crippen LogP contribution in [0.2, 0.25) is 0 Å². The highest BCUT2D eigenvalue weighted by Crippen LogP contribution is 2.18. The van der Waals surface area contributed by atoms with E-state index in [1.807, 2.05) is 0 Å². The molecule has 0 saturated heterocycles. The van der Waals surface area contributed by atoms with Crippen molar-refractivity contribution in [3.8, 4) is 0 Å². The molecule has 0 aliphatic heterocycles. The van der Waals surface area contributed by atoms with Crippen molar-refractivity contribution in [2.24, 2.45) is 0 Å². The van der Waals surface area contributed by atoms with Crippen molar-refractivity contribution in [1.82, 2.24) is 10.3 Å². The molecule has 1 saturated carbocycles. The molecule has 1 fully saturated rings. The zero-order valence-electron chi connectivity index (χ0n) is 15.7. The molecule has 1 heterocycles. The first kappa shape index (κ1) is 19.5. The first-order valence-electron chi connectivity index (χ1n) is 9.33. The van der Waals surface area contributed by atoms with Gasteiger partial charge in [0.05, 0.1) is 12.7 Å². The Bertz CT molecular complexity index is 858. The average molecular weight is 381 g/mol. The van der Waals surface area contributed by atoms with E-state index >= 15 is 0 Å². The fraction of sp³-hybridized carbons (Fsp3) is 0.333. The van der Waals surface area contributed by atoms with Crippen molar-refractivity contribution in [2.45, 2.75) is 38.1 Å². The van der Waals surface area contributed by atoms with Gasteiger partial charge in [-0.2, -0.15) is 0 Å². The fourth-order valence-corrected chi connectivity index (χ4v) is 3.21. The minimum absolute atomic E-state index is 0.175. The third-order valence-electron chi connectivity index (χ3n) is 4.76. The highest BCUT2D eigenvalue weighted by Gasteiger charge is 2.18. The number of carbonyl (C=O) groups is 3. The molecule has 2 N–H and O–H groups in total. The van der Waals surface area contributed by atoms with Gasteiger partial charge in [-0.15, -0.1) is 0 Å². The van der Waals surface area contributed by atoms with E-state index in [0.717, 1.165) is 25.7 Å². The van der Waals surface area contributed by atoms with Gasteiger partial charge >= 0.3 is 5.97 Å². The molecule has 7 nitrogen and oxygen atoms in total. The van der Waals surface area contributed by atoms with Crippen LogP contribution in [-0.4, -0.2) is 35.9 Å². The van der Waals surface area contributed by atoms with Crippen LogP contribution in [0.4, 0.5) is 5.69 Å². The third kappa shape index (κ3) is 4.94. The molecule has 1 aliphatic rings. The van der Waals surface area contributed by atoms with Gasteiger partial charge in [0.25, 0.3) is 11.8 Å². The van der Waals surface area contributed by atoms with Crippen molar-refractivity contribution >= 4 is 23.5 Å². The van der Waals surface area contributed by atoms with Gasteiger partial charge in [-0.25, -0.2) is 4.79 Å². The van der Waals surface area contributed by atoms with E-state index in [-0.39, 0.29) is 23.6 Å². The molecule has 146 valence electrons. The maximum absolute atomic E-state index is 12.5. The molecular weight excluding hydrogens is 358 g/mol. The van der Waals surface area contributed by atoms with Crippen LogP contribution in [0.15, 0.2) is 42.6 Å². The number of aromatic nitrogens is 1. The molecule has 28 heavy (non-hydrogen) atoms. The van der Waals surface area contributed by atoms with Crippen molar-refractivity contribution in [3.63, 3.8) is 0 Å². The average Bonchev–Trinajstić information content (AvgIpc) is 2.74. The van der Waals surface area contributed by atoms with Gasteiger partial charge < -0.3 is 15.4 Å². The standard InChI is InChI=1S/C21H23N3O4/c1-28-21(27)14-7-9-17(10-8-14)23-19(25)15-11-12-22-18(13-15)20(26)24-16-5-3-2-4-6-16/h7-13,16H,2-6H2,1H3,(H,23,25)(H,24,26). The Hall–Kier alpha value is -3.22. The molecule has 3 rings (SSSR count). The smallest absolute Gasteiger partial charge is 0.337 e. The second-order valence-electron chi connectivity index (χ2n) is 6.76. The lowest BCUT2D eigenvalue weighted by molar-refractivity contribution is 0.0600. The van der Waals surface area contributed by atoms with Crippen LogP contribution in [0.5, 0.6) is 0 Å². The predicted octanol–water partition coefficient (Wildman–Crippen LogP) is 3.18. The van der Waals surface area contributed by atoms with Gasteiger partial charge in [0.2, 0.25) is 0 Å². The number of ether oxygens (including phenoxy) is 1. The number of carbonyl (C=O) groups excluding carboxylic acids is 3. The fourth-order valence-electron chi connectivity index (χ4n) is 3.21. The van der Waals surface area contributed by atoms with Crippen LogP contribution in [0.1, 0.15) is 63.3 Å². The van der Waals surface area contributed by atoms with Crippen molar-refractivity contribution in [2.75, 3.05) is 12.4 Å². The maximum atomic E-state index is 12.5. The minimum Gasteiger partial charge on any atom is -0.465 e. The Kier molecular flexibility index (Phi) is 6.37. The molecule has 0 radical (unpaired) electrons. The van der Waals surface area contributed by atoms with Gasteiger partial charge in [0.15, 0.2) is 0 Å². The predicted molar refractivity (Wildman–Crippen MR) is 104 cm³/mol. The van der Waals surface area contributed by atoms with Crippen molar-refractivity contribution in [3.05, 3.63) is 59.4 Å². The highest BCUT2D eigenvalue weighted by atomic mass is 16.5. The summed E-state index contributed by atoms with van der Waals surface area (Å²) in [6.07, 6.45) is 6.86. The largest absolute Gasteiger partial charge is 0.465 e. The molecular formula is C21H23N3O4. The Labute approximate surface area is 163 Å². The number of benzene rings is 1. The first-order chi connectivity index (χ1) is 13.6. The first-order valence-corrected chi connectivity index (χ1v) is 9.33. The summed E-state index contributed by atoms with van der Waals surface area (Å²) in [4.78, 5) is 40.5. The molecule has 1 aromatic heterocycles. The zero-order valence-corrected chi connectivity index (χ0v) is 15.7. The number of hydrogen-bond donors (Lipinski definition) is 2. The Morgan fingerprint density at radius 1 is 0.964 bits per heavy atom. The number of nitrogens with zero attached hydrogens (tertiary/aromatic N) is 1. The minimum atomic E-state index is -0.444. The molecule has 0 unspecified atom stereocenters. The van der Waals surface area contributed by atoms with E-state index in [1.165, 1.54) is 25.8 Å². The van der Waals surface area contributed by atoms with E-state index < -0.39 is 5.97 Å². The summed E-state index contributed by atoms with van der Waals surface area (Å²) in [6, 6.07) is 9.57. The van der Waals surface area contributed by atoms with Crippen LogP contribution < -0.4 is 10.6 Å². The summed E-state index contributed by atoms with van der Waals surface area (Å²) in [5.41, 5.74) is 1.48. The van der Waals surface area contributed by atoms with Gasteiger partial charge in [0.1, 0.15) is 5.69 Å². The summed E-state index contributed by atoms with van der Waals surface area (Å²) in [5.74, 6) is -1.07. The van der Waals surface area contributed by atoms with Gasteiger partial charge in [-0.05, 0) is 49.2 Å². The Morgan fingerprint density at radius 3 is 2.36 bits per heavy atom. The number of nitrogens with one attached hydrogen (secondary N) is 2. The molecule has 1 aliphatic carbocycles. The van der Waals surface area contributed by atoms with E-state index in [1.54, 1.807) is 30.3 Å². The topological polar surface area (TPSA) is 97.4 Å². The van der Waals surface area contributed by atoms with Gasteiger partial charge in [-0.3, -0.25) is 14.6 Å². The molecule has 2 amide bonds. The zero-order chi connectivity index (χ0) is 19.9. The number of methoxy groups -OCH3 is 1. The number of pyridine rings is 1. The van der Waals surface area contributed by atoms with Crippen LogP contribution >= 0.6 is 0 Å². The number of esters is 1. The number of rotatable bonds is 5. The summed E-state index contributed by atoms with van der Waals surface area (Å²) >= 11 is 0. The van der Waals surface area contributed by atoms with E-state index in [4.69, 9.17) is 0 Å². The lowest BCUT2D eigenvalue weighted by Gasteiger charge is -2.22. The van der Waals surface area contributed by atoms with Crippen LogP contribution in [0.25, 0.3) is 0 Å². The van der Waals surface area contributed by atoms with Crippen molar-refractivity contribution in [1.29, 1.82) is 0 Å². The summed E-state index contributed by atoms with van der Waals surface area (Å²) in [5, 5.41) is 5.74. The van der Waals surface area contributed by atoms with Crippen LogP contribution in [0.3, 0.4) is 0 Å². The second kappa shape index (κ2) is 9.12. The van der Waals surface area contributed by atoms with E-state index in [9.17, 15) is 14.4 Å². The second-order valence-corrected chi connectivity index (χ2v) is 6.76. The normalized spacial score (nSPS) is 14.2. The Morgan fingerprint density at radius 2 is 1.68 bits per heavy atom. The quantitative estimate of drug-likeness (QED) is 0.775.